The number of carbonyl (C=O) groups is 1. The first-order chi connectivity index (χ1) is 7.81. The molecule has 0 spiro atoms. The van der Waals surface area contributed by atoms with Gasteiger partial charge in [-0.05, 0) is 23.1 Å². The predicted octanol–water partition coefficient (Wildman–Crippen LogP) is 2.25. The number of hydrogen-bond acceptors (Lipinski definition) is 3. The van der Waals surface area contributed by atoms with Crippen LogP contribution in [0.5, 0.6) is 5.75 Å². The summed E-state index contributed by atoms with van der Waals surface area (Å²) in [5, 5.41) is 0.401. The van der Waals surface area contributed by atoms with Crippen molar-refractivity contribution in [2.75, 3.05) is 7.11 Å². The number of hydrogen-bond donors (Lipinski definition) is 2. The lowest BCUT2D eigenvalue weighted by Crippen LogP contribution is -2.30. The van der Waals surface area contributed by atoms with Crippen molar-refractivity contribution < 1.29 is 9.53 Å². The highest BCUT2D eigenvalue weighted by Gasteiger charge is 2.21. The smallest absolute Gasteiger partial charge is 0.269 e. The lowest BCUT2D eigenvalue weighted by Gasteiger charge is -2.21. The Labute approximate surface area is 106 Å². The van der Waals surface area contributed by atoms with Crippen molar-refractivity contribution in [3.63, 3.8) is 0 Å². The van der Waals surface area contributed by atoms with Gasteiger partial charge in [-0.2, -0.15) is 0 Å². The molecule has 17 heavy (non-hydrogen) atoms. The summed E-state index contributed by atoms with van der Waals surface area (Å²) in [5.74, 6) is 5.05. The fourth-order valence-electron chi connectivity index (χ4n) is 1.48. The van der Waals surface area contributed by atoms with Gasteiger partial charge in [0.05, 0.1) is 17.7 Å². The van der Waals surface area contributed by atoms with Gasteiger partial charge in [0.15, 0.2) is 0 Å². The zero-order chi connectivity index (χ0) is 13.2. The third-order valence-corrected chi connectivity index (χ3v) is 2.77. The standard InChI is InChI=1S/C12H17ClN2O2/c1-12(2,3)7-5-8(11(16)15-14)10(17-4)9(13)6-7/h5-6H,14H2,1-4H3,(H,15,16). The molecule has 94 valence electrons. The summed E-state index contributed by atoms with van der Waals surface area (Å²) in [6, 6.07) is 3.54. The van der Waals surface area contributed by atoms with Crippen LogP contribution in [-0.4, -0.2) is 13.0 Å². The van der Waals surface area contributed by atoms with Gasteiger partial charge in [0.25, 0.3) is 5.91 Å². The fraction of sp³-hybridized carbons (Fsp3) is 0.417. The van der Waals surface area contributed by atoms with Crippen LogP contribution in [0.2, 0.25) is 5.02 Å². The van der Waals surface area contributed by atoms with E-state index in [0.29, 0.717) is 16.3 Å². The average molecular weight is 257 g/mol. The number of halogens is 1. The lowest BCUT2D eigenvalue weighted by molar-refractivity contribution is 0.0950. The third-order valence-electron chi connectivity index (χ3n) is 2.49. The molecular formula is C12H17ClN2O2. The first-order valence-electron chi connectivity index (χ1n) is 5.20. The monoisotopic (exact) mass is 256 g/mol. The molecule has 0 bridgehead atoms. The highest BCUT2D eigenvalue weighted by atomic mass is 35.5. The molecule has 5 heteroatoms. The van der Waals surface area contributed by atoms with Crippen LogP contribution >= 0.6 is 11.6 Å². The van der Waals surface area contributed by atoms with Crippen LogP contribution in [0.4, 0.5) is 0 Å². The summed E-state index contributed by atoms with van der Waals surface area (Å²) >= 11 is 6.10. The fourth-order valence-corrected chi connectivity index (χ4v) is 1.78. The highest BCUT2D eigenvalue weighted by Crippen LogP contribution is 2.34. The molecule has 1 rings (SSSR count). The first-order valence-corrected chi connectivity index (χ1v) is 5.58. The van der Waals surface area contributed by atoms with E-state index in [1.807, 2.05) is 20.8 Å². The minimum absolute atomic E-state index is 0.112. The highest BCUT2D eigenvalue weighted by molar-refractivity contribution is 6.32. The van der Waals surface area contributed by atoms with Crippen molar-refractivity contribution >= 4 is 17.5 Å². The van der Waals surface area contributed by atoms with Crippen LogP contribution in [0.25, 0.3) is 0 Å². The molecule has 0 aliphatic heterocycles. The van der Waals surface area contributed by atoms with Gasteiger partial charge in [-0.1, -0.05) is 32.4 Å². The van der Waals surface area contributed by atoms with Crippen LogP contribution in [0.15, 0.2) is 12.1 Å². The van der Waals surface area contributed by atoms with Gasteiger partial charge >= 0.3 is 0 Å². The maximum Gasteiger partial charge on any atom is 0.269 e. The molecule has 0 aliphatic rings. The summed E-state index contributed by atoms with van der Waals surface area (Å²) < 4.78 is 5.12. The number of ether oxygens (including phenoxy) is 1. The molecule has 0 atom stereocenters. The lowest BCUT2D eigenvalue weighted by atomic mass is 9.86. The van der Waals surface area contributed by atoms with E-state index in [1.165, 1.54) is 7.11 Å². The summed E-state index contributed by atoms with van der Waals surface area (Å²) in [7, 11) is 1.46. The van der Waals surface area contributed by atoms with Gasteiger partial charge in [-0.25, -0.2) is 5.84 Å². The van der Waals surface area contributed by atoms with E-state index in [-0.39, 0.29) is 5.41 Å². The van der Waals surface area contributed by atoms with Crippen LogP contribution in [0, 0.1) is 0 Å². The van der Waals surface area contributed by atoms with Crippen molar-refractivity contribution in [3.8, 4) is 5.75 Å². The topological polar surface area (TPSA) is 64.3 Å². The van der Waals surface area contributed by atoms with Crippen LogP contribution in [0.3, 0.4) is 0 Å². The summed E-state index contributed by atoms with van der Waals surface area (Å²) in [6.07, 6.45) is 0. The van der Waals surface area contributed by atoms with Gasteiger partial charge in [-0.15, -0.1) is 0 Å². The molecule has 0 saturated heterocycles. The second-order valence-corrected chi connectivity index (χ2v) is 5.17. The molecule has 4 nitrogen and oxygen atoms in total. The van der Waals surface area contributed by atoms with Gasteiger partial charge in [0, 0.05) is 0 Å². The van der Waals surface area contributed by atoms with Crippen molar-refractivity contribution in [1.29, 1.82) is 0 Å². The summed E-state index contributed by atoms with van der Waals surface area (Å²) in [6.45, 7) is 6.11. The van der Waals surface area contributed by atoms with Gasteiger partial charge < -0.3 is 4.74 Å². The van der Waals surface area contributed by atoms with E-state index in [1.54, 1.807) is 12.1 Å². The maximum absolute atomic E-state index is 11.6. The minimum atomic E-state index is -0.421. The molecule has 0 fully saturated rings. The van der Waals surface area contributed by atoms with E-state index < -0.39 is 5.91 Å². The van der Waals surface area contributed by atoms with Crippen molar-refractivity contribution in [1.82, 2.24) is 5.43 Å². The predicted molar refractivity (Wildman–Crippen MR) is 68.4 cm³/mol. The molecule has 1 amide bonds. The summed E-state index contributed by atoms with van der Waals surface area (Å²) in [5.41, 5.74) is 3.26. The number of nitrogen functional groups attached to an aromatic ring is 1. The molecule has 3 N–H and O–H groups in total. The molecular weight excluding hydrogens is 240 g/mol. The maximum atomic E-state index is 11.6. The molecule has 0 saturated carbocycles. The Hall–Kier alpha value is -1.26. The van der Waals surface area contributed by atoms with Crippen LogP contribution in [-0.2, 0) is 5.41 Å². The number of methoxy groups -OCH3 is 1. The number of nitrogens with one attached hydrogen (secondary N) is 1. The van der Waals surface area contributed by atoms with E-state index in [4.69, 9.17) is 22.2 Å². The third kappa shape index (κ3) is 2.90. The Morgan fingerprint density at radius 2 is 2.00 bits per heavy atom. The van der Waals surface area contributed by atoms with E-state index in [2.05, 4.69) is 5.43 Å². The number of amides is 1. The normalized spacial score (nSPS) is 11.2. The molecule has 0 heterocycles. The Balaban J connectivity index is 3.44. The molecule has 1 aromatic carbocycles. The molecule has 0 radical (unpaired) electrons. The zero-order valence-electron chi connectivity index (χ0n) is 10.4. The molecule has 0 aromatic heterocycles. The van der Waals surface area contributed by atoms with E-state index in [0.717, 1.165) is 5.56 Å². The Bertz CT molecular complexity index is 439. The SMILES string of the molecule is COc1c(Cl)cc(C(C)(C)C)cc1C(=O)NN. The second-order valence-electron chi connectivity index (χ2n) is 4.76. The molecule has 0 unspecified atom stereocenters. The van der Waals surface area contributed by atoms with Crippen LogP contribution in [0.1, 0.15) is 36.7 Å². The van der Waals surface area contributed by atoms with Gasteiger partial charge in [0.2, 0.25) is 0 Å². The number of benzene rings is 1. The minimum Gasteiger partial charge on any atom is -0.494 e. The second kappa shape index (κ2) is 4.94. The number of nitrogens with two attached hydrogens (primary N) is 1. The molecule has 1 aromatic rings. The Kier molecular flexibility index (Phi) is 4.01. The zero-order valence-corrected chi connectivity index (χ0v) is 11.2. The Morgan fingerprint density at radius 1 is 1.41 bits per heavy atom. The Morgan fingerprint density at radius 3 is 2.41 bits per heavy atom. The van der Waals surface area contributed by atoms with E-state index in [9.17, 15) is 4.79 Å². The van der Waals surface area contributed by atoms with Gasteiger partial charge in [-0.3, -0.25) is 10.2 Å². The number of carbonyl (C=O) groups excluding carboxylic acids is 1. The van der Waals surface area contributed by atoms with Crippen molar-refractivity contribution in [2.24, 2.45) is 5.84 Å². The average Bonchev–Trinajstić information content (AvgIpc) is 2.25. The molecule has 0 aliphatic carbocycles. The summed E-state index contributed by atoms with van der Waals surface area (Å²) in [4.78, 5) is 11.6. The number of rotatable bonds is 2. The van der Waals surface area contributed by atoms with E-state index >= 15 is 0 Å². The van der Waals surface area contributed by atoms with Gasteiger partial charge in [0.1, 0.15) is 5.75 Å². The van der Waals surface area contributed by atoms with Crippen molar-refractivity contribution in [2.45, 2.75) is 26.2 Å². The van der Waals surface area contributed by atoms with Crippen LogP contribution < -0.4 is 16.0 Å². The largest absolute Gasteiger partial charge is 0.494 e. The first kappa shape index (κ1) is 13.8. The van der Waals surface area contributed by atoms with Crippen molar-refractivity contribution in [3.05, 3.63) is 28.3 Å². The quantitative estimate of drug-likeness (QED) is 0.485. The number of hydrazine groups is 1.